The van der Waals surface area contributed by atoms with Crippen molar-refractivity contribution >= 4 is 28.9 Å². The molecule has 0 saturated carbocycles. The highest BCUT2D eigenvalue weighted by molar-refractivity contribution is 7.17. The number of aryl methyl sites for hydroxylation is 3. The first-order chi connectivity index (χ1) is 13.3. The third-order valence-electron chi connectivity index (χ3n) is 4.25. The van der Waals surface area contributed by atoms with Crippen LogP contribution >= 0.6 is 11.3 Å². The maximum atomic E-state index is 14.2. The monoisotopic (exact) mass is 398 g/mol. The summed E-state index contributed by atoms with van der Waals surface area (Å²) in [6.07, 6.45) is 0. The molecule has 3 rings (SSSR count). The van der Waals surface area contributed by atoms with Crippen molar-refractivity contribution in [2.75, 3.05) is 12.4 Å². The van der Waals surface area contributed by atoms with Gasteiger partial charge in [-0.1, -0.05) is 23.8 Å². The number of benzene rings is 2. The summed E-state index contributed by atoms with van der Waals surface area (Å²) in [5.41, 5.74) is 3.82. The van der Waals surface area contributed by atoms with Crippen LogP contribution in [-0.4, -0.2) is 24.0 Å². The first-order valence-corrected chi connectivity index (χ1v) is 9.36. The summed E-state index contributed by atoms with van der Waals surface area (Å²) in [6.45, 7) is 5.76. The highest BCUT2D eigenvalue weighted by atomic mass is 32.1. The van der Waals surface area contributed by atoms with Gasteiger partial charge in [-0.15, -0.1) is 11.3 Å². The summed E-state index contributed by atoms with van der Waals surface area (Å²) in [7, 11) is 1.22. The third kappa shape index (κ3) is 3.94. The Labute approximate surface area is 166 Å². The second kappa shape index (κ2) is 7.90. The molecule has 1 aromatic heterocycles. The maximum Gasteiger partial charge on any atom is 0.337 e. The summed E-state index contributed by atoms with van der Waals surface area (Å²) in [4.78, 5) is 29.0. The van der Waals surface area contributed by atoms with Gasteiger partial charge in [0, 0.05) is 5.56 Å². The number of nitrogens with one attached hydrogen (secondary N) is 1. The van der Waals surface area contributed by atoms with Gasteiger partial charge in [0.1, 0.15) is 15.7 Å². The highest BCUT2D eigenvalue weighted by Gasteiger charge is 2.19. The predicted molar refractivity (Wildman–Crippen MR) is 107 cm³/mol. The van der Waals surface area contributed by atoms with E-state index >= 15 is 0 Å². The largest absolute Gasteiger partial charge is 0.465 e. The molecule has 0 aliphatic rings. The van der Waals surface area contributed by atoms with Crippen LogP contribution in [0.3, 0.4) is 0 Å². The highest BCUT2D eigenvalue weighted by Crippen LogP contribution is 2.31. The van der Waals surface area contributed by atoms with Crippen LogP contribution < -0.4 is 5.32 Å². The Kier molecular flexibility index (Phi) is 5.56. The number of anilines is 1. The molecule has 1 amide bonds. The fourth-order valence-corrected chi connectivity index (χ4v) is 3.87. The van der Waals surface area contributed by atoms with Gasteiger partial charge in [0.25, 0.3) is 5.91 Å². The Morgan fingerprint density at radius 2 is 1.86 bits per heavy atom. The molecule has 0 bridgehead atoms. The number of esters is 1. The normalized spacial score (nSPS) is 10.6. The number of rotatable bonds is 4. The van der Waals surface area contributed by atoms with Crippen LogP contribution in [0.1, 0.15) is 36.9 Å². The molecular weight excluding hydrogens is 379 g/mol. The molecule has 0 radical (unpaired) electrons. The number of carbonyl (C=O) groups excluding carboxylic acids is 2. The molecule has 144 valence electrons. The number of hydrogen-bond acceptors (Lipinski definition) is 5. The van der Waals surface area contributed by atoms with Crippen molar-refractivity contribution in [3.05, 3.63) is 69.5 Å². The number of carbonyl (C=O) groups is 2. The Morgan fingerprint density at radius 3 is 2.50 bits per heavy atom. The van der Waals surface area contributed by atoms with Crippen molar-refractivity contribution in [1.29, 1.82) is 0 Å². The summed E-state index contributed by atoms with van der Waals surface area (Å²) in [5, 5.41) is 3.28. The Hall–Kier alpha value is -3.06. The lowest BCUT2D eigenvalue weighted by Crippen LogP contribution is -2.13. The first-order valence-electron chi connectivity index (χ1n) is 8.54. The minimum Gasteiger partial charge on any atom is -0.465 e. The van der Waals surface area contributed by atoms with Gasteiger partial charge in [-0.05, 0) is 44.5 Å². The Balaban J connectivity index is 1.86. The van der Waals surface area contributed by atoms with E-state index < -0.39 is 17.7 Å². The molecule has 28 heavy (non-hydrogen) atoms. The number of aromatic nitrogens is 1. The zero-order chi connectivity index (χ0) is 20.4. The van der Waals surface area contributed by atoms with E-state index in [1.807, 2.05) is 26.0 Å². The molecule has 1 N–H and O–H groups in total. The molecule has 3 aromatic rings. The summed E-state index contributed by atoms with van der Waals surface area (Å²) >= 11 is 1.26. The van der Waals surface area contributed by atoms with E-state index in [1.165, 1.54) is 30.6 Å². The van der Waals surface area contributed by atoms with E-state index in [4.69, 9.17) is 0 Å². The average Bonchev–Trinajstić information content (AvgIpc) is 3.04. The number of hydrogen-bond donors (Lipinski definition) is 1. The molecule has 0 saturated heterocycles. The maximum absolute atomic E-state index is 14.2. The van der Waals surface area contributed by atoms with Gasteiger partial charge in [-0.25, -0.2) is 14.2 Å². The van der Waals surface area contributed by atoms with Crippen LogP contribution in [0.2, 0.25) is 0 Å². The van der Waals surface area contributed by atoms with Crippen molar-refractivity contribution in [1.82, 2.24) is 4.98 Å². The SMILES string of the molecule is COC(=O)c1ccc(NC(=O)c2sc(-c3ccc(C)cc3C)nc2C)c(F)c1. The second-order valence-corrected chi connectivity index (χ2v) is 7.39. The smallest absolute Gasteiger partial charge is 0.337 e. The van der Waals surface area contributed by atoms with Crippen LogP contribution in [0.5, 0.6) is 0 Å². The van der Waals surface area contributed by atoms with E-state index in [-0.39, 0.29) is 11.3 Å². The number of thiazole rings is 1. The quantitative estimate of drug-likeness (QED) is 0.634. The van der Waals surface area contributed by atoms with Crippen molar-refractivity contribution in [3.8, 4) is 10.6 Å². The zero-order valence-electron chi connectivity index (χ0n) is 15.9. The Morgan fingerprint density at radius 1 is 1.11 bits per heavy atom. The fourth-order valence-electron chi connectivity index (χ4n) is 2.82. The van der Waals surface area contributed by atoms with Crippen LogP contribution in [0.4, 0.5) is 10.1 Å². The van der Waals surface area contributed by atoms with Gasteiger partial charge in [0.2, 0.25) is 0 Å². The van der Waals surface area contributed by atoms with Crippen molar-refractivity contribution < 1.29 is 18.7 Å². The summed E-state index contributed by atoms with van der Waals surface area (Å²) in [6, 6.07) is 9.80. The third-order valence-corrected chi connectivity index (χ3v) is 5.44. The Bertz CT molecular complexity index is 1080. The molecule has 1 heterocycles. The van der Waals surface area contributed by atoms with Gasteiger partial charge < -0.3 is 10.1 Å². The molecular formula is C21H19FN2O3S. The van der Waals surface area contributed by atoms with E-state index in [1.54, 1.807) is 6.92 Å². The van der Waals surface area contributed by atoms with E-state index in [2.05, 4.69) is 21.1 Å². The number of halogens is 1. The molecule has 0 unspecified atom stereocenters. The van der Waals surface area contributed by atoms with Crippen LogP contribution in [-0.2, 0) is 4.74 Å². The number of amides is 1. The molecule has 5 nitrogen and oxygen atoms in total. The summed E-state index contributed by atoms with van der Waals surface area (Å²) in [5.74, 6) is -1.81. The standard InChI is InChI=1S/C21H19FN2O3S/c1-11-5-7-15(12(2)9-11)20-23-13(3)18(28-20)19(25)24-17-8-6-14(10-16(17)22)21(26)27-4/h5-10H,1-4H3,(H,24,25). The van der Waals surface area contributed by atoms with Crippen molar-refractivity contribution in [2.24, 2.45) is 0 Å². The van der Waals surface area contributed by atoms with Gasteiger partial charge in [0.05, 0.1) is 24.1 Å². The summed E-state index contributed by atoms with van der Waals surface area (Å²) < 4.78 is 18.8. The number of ether oxygens (including phenoxy) is 1. The van der Waals surface area contributed by atoms with E-state index in [0.29, 0.717) is 10.6 Å². The van der Waals surface area contributed by atoms with Crippen molar-refractivity contribution in [2.45, 2.75) is 20.8 Å². The minimum absolute atomic E-state index is 0.0153. The van der Waals surface area contributed by atoms with Crippen molar-refractivity contribution in [3.63, 3.8) is 0 Å². The molecule has 0 atom stereocenters. The topological polar surface area (TPSA) is 68.3 Å². The molecule has 7 heteroatoms. The van der Waals surface area contributed by atoms with Gasteiger partial charge >= 0.3 is 5.97 Å². The first kappa shape index (κ1) is 19.7. The fraction of sp³-hybridized carbons (Fsp3) is 0.190. The van der Waals surface area contributed by atoms with E-state index in [0.717, 1.165) is 27.8 Å². The molecule has 2 aromatic carbocycles. The van der Waals surface area contributed by atoms with Gasteiger partial charge in [-0.3, -0.25) is 4.79 Å². The number of methoxy groups -OCH3 is 1. The predicted octanol–water partition coefficient (Wildman–Crippen LogP) is 4.91. The van der Waals surface area contributed by atoms with Crippen LogP contribution in [0.25, 0.3) is 10.6 Å². The minimum atomic E-state index is -0.715. The van der Waals surface area contributed by atoms with E-state index in [9.17, 15) is 14.0 Å². The second-order valence-electron chi connectivity index (χ2n) is 6.39. The lowest BCUT2D eigenvalue weighted by Gasteiger charge is -2.07. The lowest BCUT2D eigenvalue weighted by atomic mass is 10.1. The zero-order valence-corrected chi connectivity index (χ0v) is 16.7. The molecule has 0 aliphatic heterocycles. The molecule has 0 aliphatic carbocycles. The molecule has 0 spiro atoms. The van der Waals surface area contributed by atoms with Gasteiger partial charge in [0.15, 0.2) is 0 Å². The average molecular weight is 398 g/mol. The van der Waals surface area contributed by atoms with Gasteiger partial charge in [-0.2, -0.15) is 0 Å². The molecule has 0 fully saturated rings. The lowest BCUT2D eigenvalue weighted by molar-refractivity contribution is 0.0600. The number of nitrogens with zero attached hydrogens (tertiary/aromatic N) is 1. The van der Waals surface area contributed by atoms with Crippen LogP contribution in [0.15, 0.2) is 36.4 Å². The van der Waals surface area contributed by atoms with Crippen LogP contribution in [0, 0.1) is 26.6 Å².